The molecule has 1 fully saturated rings. The monoisotopic (exact) mass is 472 g/mol. The van der Waals surface area contributed by atoms with Crippen molar-refractivity contribution in [1.29, 1.82) is 0 Å². The third-order valence-electron chi connectivity index (χ3n) is 5.39. The van der Waals surface area contributed by atoms with Gasteiger partial charge in [-0.05, 0) is 56.3 Å². The van der Waals surface area contributed by atoms with E-state index in [2.05, 4.69) is 30.9 Å². The number of benzene rings is 1. The third-order valence-corrected chi connectivity index (χ3v) is 5.39. The fourth-order valence-electron chi connectivity index (χ4n) is 3.58. The summed E-state index contributed by atoms with van der Waals surface area (Å²) < 4.78 is 45.6. The Kier molecular flexibility index (Phi) is 6.92. The van der Waals surface area contributed by atoms with Crippen LogP contribution in [-0.4, -0.2) is 47.1 Å². The highest BCUT2D eigenvalue weighted by molar-refractivity contribution is 5.94. The molecule has 2 aromatic heterocycles. The molecule has 8 nitrogen and oxygen atoms in total. The lowest BCUT2D eigenvalue weighted by Crippen LogP contribution is -2.42. The number of carbonyl (C=O) groups excluding carboxylic acids is 1. The second kappa shape index (κ2) is 10.0. The van der Waals surface area contributed by atoms with E-state index in [4.69, 9.17) is 4.74 Å². The lowest BCUT2D eigenvalue weighted by atomic mass is 10.1. The molecule has 1 aliphatic heterocycles. The summed E-state index contributed by atoms with van der Waals surface area (Å²) in [5.41, 5.74) is -0.101. The van der Waals surface area contributed by atoms with Gasteiger partial charge in [-0.25, -0.2) is 15.0 Å². The number of alkyl halides is 3. The van der Waals surface area contributed by atoms with Crippen LogP contribution < -0.4 is 20.7 Å². The molecule has 0 aliphatic carbocycles. The van der Waals surface area contributed by atoms with Gasteiger partial charge in [0.1, 0.15) is 5.56 Å². The van der Waals surface area contributed by atoms with Crippen molar-refractivity contribution in [2.45, 2.75) is 25.1 Å². The summed E-state index contributed by atoms with van der Waals surface area (Å²) in [6.45, 7) is 1.74. The molecule has 178 valence electrons. The maximum Gasteiger partial charge on any atom is 0.419 e. The van der Waals surface area contributed by atoms with Crippen LogP contribution in [0.1, 0.15) is 28.8 Å². The highest BCUT2D eigenvalue weighted by Gasteiger charge is 2.35. The first kappa shape index (κ1) is 23.4. The first-order valence-electron chi connectivity index (χ1n) is 10.7. The third kappa shape index (κ3) is 5.60. The molecule has 4 rings (SSSR count). The highest BCUT2D eigenvalue weighted by Crippen LogP contribution is 2.36. The number of hydrogen-bond donors (Lipinski definition) is 3. The fourth-order valence-corrected chi connectivity index (χ4v) is 3.58. The van der Waals surface area contributed by atoms with Crippen molar-refractivity contribution in [3.8, 4) is 17.1 Å². The second-order valence-corrected chi connectivity index (χ2v) is 7.74. The van der Waals surface area contributed by atoms with E-state index in [0.717, 1.165) is 32.1 Å². The van der Waals surface area contributed by atoms with Gasteiger partial charge >= 0.3 is 6.18 Å². The van der Waals surface area contributed by atoms with E-state index in [0.29, 0.717) is 11.3 Å². The van der Waals surface area contributed by atoms with Crippen molar-refractivity contribution in [2.24, 2.45) is 0 Å². The number of piperidine rings is 1. The first-order valence-corrected chi connectivity index (χ1v) is 10.7. The average molecular weight is 472 g/mol. The largest absolute Gasteiger partial charge is 0.481 e. The molecule has 1 aromatic carbocycles. The Bertz CT molecular complexity index is 1130. The van der Waals surface area contributed by atoms with Crippen LogP contribution in [0.3, 0.4) is 0 Å². The van der Waals surface area contributed by atoms with Gasteiger partial charge in [-0.2, -0.15) is 13.2 Å². The van der Waals surface area contributed by atoms with Crippen LogP contribution in [0.15, 0.2) is 48.8 Å². The summed E-state index contributed by atoms with van der Waals surface area (Å²) in [5.74, 6) is 0.0817. The second-order valence-electron chi connectivity index (χ2n) is 7.74. The molecule has 3 aromatic rings. The number of methoxy groups -OCH3 is 1. The number of amides is 1. The minimum Gasteiger partial charge on any atom is -0.481 e. The fraction of sp³-hybridized carbons (Fsp3) is 0.304. The number of ether oxygens (including phenoxy) is 1. The SMILES string of the molecule is COc1ccc(-c2nc(Nc3ccc(C(=O)NC4CCNCC4)cc3)ncc2C(F)(F)F)cn1. The summed E-state index contributed by atoms with van der Waals surface area (Å²) in [6.07, 6.45) is -0.895. The maximum atomic E-state index is 13.5. The molecular weight excluding hydrogens is 449 g/mol. The van der Waals surface area contributed by atoms with Crippen molar-refractivity contribution in [3.05, 3.63) is 59.9 Å². The number of rotatable bonds is 6. The summed E-state index contributed by atoms with van der Waals surface area (Å²) in [6, 6.07) is 9.60. The summed E-state index contributed by atoms with van der Waals surface area (Å²) in [4.78, 5) is 24.3. The topological polar surface area (TPSA) is 101 Å². The molecule has 1 saturated heterocycles. The predicted octanol–water partition coefficient (Wildman–Crippen LogP) is 3.79. The molecule has 0 spiro atoms. The van der Waals surface area contributed by atoms with Crippen LogP contribution in [0.2, 0.25) is 0 Å². The Morgan fingerprint density at radius 3 is 2.41 bits per heavy atom. The maximum absolute atomic E-state index is 13.5. The lowest BCUT2D eigenvalue weighted by Gasteiger charge is -2.23. The highest BCUT2D eigenvalue weighted by atomic mass is 19.4. The Morgan fingerprint density at radius 1 is 1.06 bits per heavy atom. The van der Waals surface area contributed by atoms with Gasteiger partial charge in [-0.15, -0.1) is 0 Å². The zero-order valence-electron chi connectivity index (χ0n) is 18.3. The number of pyridine rings is 1. The number of nitrogens with zero attached hydrogens (tertiary/aromatic N) is 3. The minimum atomic E-state index is -4.64. The van der Waals surface area contributed by atoms with Gasteiger partial charge in [0.2, 0.25) is 11.8 Å². The Balaban J connectivity index is 1.52. The molecule has 1 aliphatic rings. The minimum absolute atomic E-state index is 0.0225. The van der Waals surface area contributed by atoms with Crippen molar-refractivity contribution in [2.75, 3.05) is 25.5 Å². The summed E-state index contributed by atoms with van der Waals surface area (Å²) in [5, 5.41) is 9.15. The van der Waals surface area contributed by atoms with Gasteiger partial charge in [-0.1, -0.05) is 0 Å². The number of hydrogen-bond acceptors (Lipinski definition) is 7. The molecule has 0 atom stereocenters. The number of aromatic nitrogens is 3. The number of carbonyl (C=O) groups is 1. The van der Waals surface area contributed by atoms with Crippen LogP contribution in [0.5, 0.6) is 5.88 Å². The van der Waals surface area contributed by atoms with E-state index in [1.54, 1.807) is 24.3 Å². The zero-order chi connectivity index (χ0) is 24.1. The van der Waals surface area contributed by atoms with Crippen LogP contribution in [0.25, 0.3) is 11.3 Å². The van der Waals surface area contributed by atoms with Gasteiger partial charge < -0.3 is 20.7 Å². The van der Waals surface area contributed by atoms with E-state index >= 15 is 0 Å². The van der Waals surface area contributed by atoms with Gasteiger partial charge in [0, 0.05) is 41.3 Å². The van der Waals surface area contributed by atoms with E-state index in [-0.39, 0.29) is 35.0 Å². The number of anilines is 2. The van der Waals surface area contributed by atoms with E-state index in [1.807, 2.05) is 0 Å². The molecule has 11 heteroatoms. The first-order chi connectivity index (χ1) is 16.3. The summed E-state index contributed by atoms with van der Waals surface area (Å²) in [7, 11) is 1.41. The van der Waals surface area contributed by atoms with Gasteiger partial charge in [0.25, 0.3) is 5.91 Å². The van der Waals surface area contributed by atoms with Crippen LogP contribution in [0, 0.1) is 0 Å². The Hall–Kier alpha value is -3.73. The van der Waals surface area contributed by atoms with Crippen LogP contribution in [0.4, 0.5) is 24.8 Å². The van der Waals surface area contributed by atoms with E-state index in [9.17, 15) is 18.0 Å². The van der Waals surface area contributed by atoms with E-state index < -0.39 is 11.7 Å². The van der Waals surface area contributed by atoms with Crippen LogP contribution in [-0.2, 0) is 6.18 Å². The molecule has 3 heterocycles. The predicted molar refractivity (Wildman–Crippen MR) is 120 cm³/mol. The van der Waals surface area contributed by atoms with Crippen molar-refractivity contribution in [1.82, 2.24) is 25.6 Å². The van der Waals surface area contributed by atoms with Gasteiger partial charge in [-0.3, -0.25) is 4.79 Å². The quantitative estimate of drug-likeness (QED) is 0.502. The Labute approximate surface area is 194 Å². The molecule has 0 unspecified atom stereocenters. The van der Waals surface area contributed by atoms with Gasteiger partial charge in [0.05, 0.1) is 12.8 Å². The van der Waals surface area contributed by atoms with Crippen molar-refractivity contribution < 1.29 is 22.7 Å². The summed E-state index contributed by atoms with van der Waals surface area (Å²) >= 11 is 0. The molecule has 0 bridgehead atoms. The van der Waals surface area contributed by atoms with Crippen molar-refractivity contribution in [3.63, 3.8) is 0 Å². The zero-order valence-corrected chi connectivity index (χ0v) is 18.3. The normalized spacial score (nSPS) is 14.5. The lowest BCUT2D eigenvalue weighted by molar-refractivity contribution is -0.137. The molecule has 1 amide bonds. The molecular formula is C23H23F3N6O2. The molecule has 3 N–H and O–H groups in total. The van der Waals surface area contributed by atoms with Gasteiger partial charge in [0.15, 0.2) is 0 Å². The Morgan fingerprint density at radius 2 is 1.79 bits per heavy atom. The van der Waals surface area contributed by atoms with Crippen LogP contribution >= 0.6 is 0 Å². The van der Waals surface area contributed by atoms with E-state index in [1.165, 1.54) is 25.4 Å². The standard InChI is InChI=1S/C23H23F3N6O2/c1-34-19-7-4-15(12-28-19)20-18(23(24,25)26)13-29-22(32-20)31-16-5-2-14(3-6-16)21(33)30-17-8-10-27-11-9-17/h2-7,12-13,17,27H,8-11H2,1H3,(H,30,33)(H,29,31,32). The number of nitrogens with one attached hydrogen (secondary N) is 3. The molecule has 0 saturated carbocycles. The molecule has 0 radical (unpaired) electrons. The number of halogens is 3. The average Bonchev–Trinajstić information content (AvgIpc) is 2.84. The van der Waals surface area contributed by atoms with Crippen molar-refractivity contribution >= 4 is 17.5 Å². The molecule has 34 heavy (non-hydrogen) atoms. The smallest absolute Gasteiger partial charge is 0.419 e.